The number of nitrogens with two attached hydrogens (primary N) is 1. The van der Waals surface area contributed by atoms with Gasteiger partial charge in [-0.25, -0.2) is 0 Å². The maximum atomic E-state index is 6.19. The predicted molar refractivity (Wildman–Crippen MR) is 71.2 cm³/mol. The van der Waals surface area contributed by atoms with E-state index in [2.05, 4.69) is 18.7 Å². The minimum absolute atomic E-state index is 0.166. The molecule has 0 aliphatic heterocycles. The molecule has 0 saturated carbocycles. The molecule has 0 bridgehead atoms. The molecule has 2 N–H and O–H groups in total. The lowest BCUT2D eigenvalue weighted by molar-refractivity contribution is 0.224. The molecular formula is C12H18Cl2N2. The van der Waals surface area contributed by atoms with Crippen molar-refractivity contribution in [2.24, 2.45) is 5.73 Å². The molecule has 0 aliphatic rings. The van der Waals surface area contributed by atoms with Crippen LogP contribution in [-0.4, -0.2) is 24.5 Å². The van der Waals surface area contributed by atoms with Gasteiger partial charge in [0.05, 0.1) is 0 Å². The standard InChI is InChI=1S/C12H18Cl2N2/c1-3-16(4-2)12(8-15)10-6-5-9(13)7-11(10)14/h5-7,12H,3-4,8,15H2,1-2H3/t12-/m1/s1. The zero-order valence-corrected chi connectivity index (χ0v) is 11.2. The van der Waals surface area contributed by atoms with Crippen molar-refractivity contribution in [3.05, 3.63) is 33.8 Å². The average molecular weight is 261 g/mol. The number of benzene rings is 1. The summed E-state index contributed by atoms with van der Waals surface area (Å²) in [4.78, 5) is 2.29. The van der Waals surface area contributed by atoms with Crippen LogP contribution in [0.5, 0.6) is 0 Å². The summed E-state index contributed by atoms with van der Waals surface area (Å²) in [5.74, 6) is 0. The lowest BCUT2D eigenvalue weighted by Gasteiger charge is -2.29. The first-order chi connectivity index (χ1) is 7.63. The van der Waals surface area contributed by atoms with E-state index in [1.54, 1.807) is 6.07 Å². The van der Waals surface area contributed by atoms with Gasteiger partial charge >= 0.3 is 0 Å². The minimum Gasteiger partial charge on any atom is -0.329 e. The van der Waals surface area contributed by atoms with Gasteiger partial charge in [-0.05, 0) is 30.8 Å². The lowest BCUT2D eigenvalue weighted by Crippen LogP contribution is -2.33. The molecule has 0 heterocycles. The van der Waals surface area contributed by atoms with Crippen molar-refractivity contribution in [3.8, 4) is 0 Å². The number of hydrogen-bond donors (Lipinski definition) is 1. The van der Waals surface area contributed by atoms with Crippen molar-refractivity contribution in [2.75, 3.05) is 19.6 Å². The van der Waals surface area contributed by atoms with Crippen LogP contribution in [0.3, 0.4) is 0 Å². The molecule has 90 valence electrons. The Bertz CT molecular complexity index is 338. The van der Waals surface area contributed by atoms with E-state index in [1.165, 1.54) is 0 Å². The molecule has 0 amide bonds. The van der Waals surface area contributed by atoms with Gasteiger partial charge in [0.25, 0.3) is 0 Å². The quantitative estimate of drug-likeness (QED) is 0.880. The van der Waals surface area contributed by atoms with Gasteiger partial charge in [0.2, 0.25) is 0 Å². The van der Waals surface area contributed by atoms with Gasteiger partial charge in [-0.1, -0.05) is 43.1 Å². The Hall–Kier alpha value is -0.280. The zero-order valence-electron chi connectivity index (χ0n) is 9.71. The second-order valence-corrected chi connectivity index (χ2v) is 4.48. The van der Waals surface area contributed by atoms with Crippen LogP contribution in [0.25, 0.3) is 0 Å². The molecule has 0 aliphatic carbocycles. The Balaban J connectivity index is 3.03. The Labute approximate surface area is 107 Å². The van der Waals surface area contributed by atoms with E-state index in [0.29, 0.717) is 16.6 Å². The number of likely N-dealkylation sites (N-methyl/N-ethyl adjacent to an activating group) is 1. The van der Waals surface area contributed by atoms with Gasteiger partial charge < -0.3 is 5.73 Å². The van der Waals surface area contributed by atoms with Crippen LogP contribution >= 0.6 is 23.2 Å². The second-order valence-electron chi connectivity index (χ2n) is 3.64. The first-order valence-corrected chi connectivity index (χ1v) is 6.28. The average Bonchev–Trinajstić information content (AvgIpc) is 2.27. The molecular weight excluding hydrogens is 243 g/mol. The summed E-state index contributed by atoms with van der Waals surface area (Å²) in [5.41, 5.74) is 6.88. The van der Waals surface area contributed by atoms with E-state index in [9.17, 15) is 0 Å². The predicted octanol–water partition coefficient (Wildman–Crippen LogP) is 3.34. The summed E-state index contributed by atoms with van der Waals surface area (Å²) in [6.45, 7) is 6.71. The Kier molecular flexibility index (Phi) is 5.56. The van der Waals surface area contributed by atoms with E-state index in [1.807, 2.05) is 12.1 Å². The SMILES string of the molecule is CCN(CC)[C@H](CN)c1ccc(Cl)cc1Cl. The Morgan fingerprint density at radius 2 is 1.88 bits per heavy atom. The van der Waals surface area contributed by atoms with Crippen molar-refractivity contribution in [2.45, 2.75) is 19.9 Å². The molecule has 4 heteroatoms. The van der Waals surface area contributed by atoms with Crippen molar-refractivity contribution in [1.82, 2.24) is 4.90 Å². The highest BCUT2D eigenvalue weighted by Gasteiger charge is 2.18. The second kappa shape index (κ2) is 6.45. The van der Waals surface area contributed by atoms with Crippen LogP contribution in [-0.2, 0) is 0 Å². The summed E-state index contributed by atoms with van der Waals surface area (Å²) >= 11 is 12.1. The third kappa shape index (κ3) is 3.11. The van der Waals surface area contributed by atoms with Crippen LogP contribution in [0.4, 0.5) is 0 Å². The maximum absolute atomic E-state index is 6.19. The monoisotopic (exact) mass is 260 g/mol. The molecule has 0 saturated heterocycles. The third-order valence-electron chi connectivity index (χ3n) is 2.80. The first-order valence-electron chi connectivity index (χ1n) is 5.53. The molecule has 1 rings (SSSR count). The van der Waals surface area contributed by atoms with Crippen LogP contribution in [0.2, 0.25) is 10.0 Å². The van der Waals surface area contributed by atoms with E-state index in [4.69, 9.17) is 28.9 Å². The van der Waals surface area contributed by atoms with Gasteiger partial charge in [0.1, 0.15) is 0 Å². The Morgan fingerprint density at radius 3 is 2.31 bits per heavy atom. The minimum atomic E-state index is 0.166. The fraction of sp³-hybridized carbons (Fsp3) is 0.500. The van der Waals surface area contributed by atoms with Gasteiger partial charge in [0.15, 0.2) is 0 Å². The van der Waals surface area contributed by atoms with E-state index < -0.39 is 0 Å². The molecule has 2 nitrogen and oxygen atoms in total. The summed E-state index contributed by atoms with van der Waals surface area (Å²) in [7, 11) is 0. The molecule has 1 aromatic rings. The summed E-state index contributed by atoms with van der Waals surface area (Å²) in [5, 5.41) is 1.35. The van der Waals surface area contributed by atoms with Crippen LogP contribution in [0, 0.1) is 0 Å². The van der Waals surface area contributed by atoms with Crippen LogP contribution in [0.1, 0.15) is 25.5 Å². The fourth-order valence-corrected chi connectivity index (χ4v) is 2.44. The van der Waals surface area contributed by atoms with E-state index >= 15 is 0 Å². The molecule has 0 spiro atoms. The Morgan fingerprint density at radius 1 is 1.25 bits per heavy atom. The maximum Gasteiger partial charge on any atom is 0.0484 e. The zero-order chi connectivity index (χ0) is 12.1. The summed E-state index contributed by atoms with van der Waals surface area (Å²) in [6, 6.07) is 5.75. The van der Waals surface area contributed by atoms with Crippen LogP contribution in [0.15, 0.2) is 18.2 Å². The number of nitrogens with zero attached hydrogens (tertiary/aromatic N) is 1. The van der Waals surface area contributed by atoms with Crippen molar-refractivity contribution in [3.63, 3.8) is 0 Å². The summed E-state index contributed by atoms with van der Waals surface area (Å²) in [6.07, 6.45) is 0. The smallest absolute Gasteiger partial charge is 0.0484 e. The highest BCUT2D eigenvalue weighted by atomic mass is 35.5. The highest BCUT2D eigenvalue weighted by molar-refractivity contribution is 6.35. The highest BCUT2D eigenvalue weighted by Crippen LogP contribution is 2.29. The molecule has 1 aromatic carbocycles. The first kappa shape index (κ1) is 13.8. The van der Waals surface area contributed by atoms with Crippen molar-refractivity contribution >= 4 is 23.2 Å². The number of rotatable bonds is 5. The third-order valence-corrected chi connectivity index (χ3v) is 3.36. The molecule has 1 atom stereocenters. The molecule has 0 fully saturated rings. The molecule has 0 aromatic heterocycles. The summed E-state index contributed by atoms with van der Waals surface area (Å²) < 4.78 is 0. The van der Waals surface area contributed by atoms with Crippen molar-refractivity contribution < 1.29 is 0 Å². The van der Waals surface area contributed by atoms with Gasteiger partial charge in [-0.3, -0.25) is 4.90 Å². The number of halogens is 2. The molecule has 16 heavy (non-hydrogen) atoms. The van der Waals surface area contributed by atoms with Crippen LogP contribution < -0.4 is 5.73 Å². The van der Waals surface area contributed by atoms with Gasteiger partial charge in [-0.15, -0.1) is 0 Å². The van der Waals surface area contributed by atoms with Gasteiger partial charge in [0, 0.05) is 22.6 Å². The van der Waals surface area contributed by atoms with E-state index in [0.717, 1.165) is 18.7 Å². The lowest BCUT2D eigenvalue weighted by atomic mass is 10.1. The molecule has 0 unspecified atom stereocenters. The van der Waals surface area contributed by atoms with Crippen molar-refractivity contribution in [1.29, 1.82) is 0 Å². The largest absolute Gasteiger partial charge is 0.329 e. The number of hydrogen-bond acceptors (Lipinski definition) is 2. The van der Waals surface area contributed by atoms with E-state index in [-0.39, 0.29) is 6.04 Å². The normalized spacial score (nSPS) is 13.1. The topological polar surface area (TPSA) is 29.3 Å². The van der Waals surface area contributed by atoms with Gasteiger partial charge in [-0.2, -0.15) is 0 Å². The fourth-order valence-electron chi connectivity index (χ4n) is 1.91. The molecule has 0 radical (unpaired) electrons.